The summed E-state index contributed by atoms with van der Waals surface area (Å²) >= 11 is 0. The summed E-state index contributed by atoms with van der Waals surface area (Å²) in [6.07, 6.45) is 8.90. The Hall–Kier alpha value is -3.77. The predicted molar refractivity (Wildman–Crippen MR) is 166 cm³/mol. The highest BCUT2D eigenvalue weighted by molar-refractivity contribution is 6.04. The number of carboxylic acids is 1. The third-order valence-corrected chi connectivity index (χ3v) is 9.14. The van der Waals surface area contributed by atoms with Crippen molar-refractivity contribution in [2.45, 2.75) is 89.4 Å². The van der Waals surface area contributed by atoms with Crippen LogP contribution in [-0.4, -0.2) is 88.6 Å². The fourth-order valence-electron chi connectivity index (χ4n) is 6.52. The number of piperidine rings is 1. The molecule has 1 aliphatic carbocycles. The maximum absolute atomic E-state index is 13.2. The molecule has 0 unspecified atom stereocenters. The van der Waals surface area contributed by atoms with Crippen LogP contribution >= 0.6 is 0 Å². The molecular weight excluding hydrogens is 548 g/mol. The van der Waals surface area contributed by atoms with Crippen molar-refractivity contribution in [2.75, 3.05) is 41.8 Å². The van der Waals surface area contributed by atoms with Crippen molar-refractivity contribution in [3.8, 4) is 0 Å². The van der Waals surface area contributed by atoms with E-state index in [1.165, 1.54) is 0 Å². The second kappa shape index (κ2) is 13.3. The Balaban J connectivity index is 1.22. The van der Waals surface area contributed by atoms with Gasteiger partial charge in [-0.2, -0.15) is 4.98 Å². The number of fused-ring (bicyclic) bond motifs is 1. The molecule has 3 heterocycles. The molecule has 1 aromatic heterocycles. The first-order valence-electron chi connectivity index (χ1n) is 15.5. The van der Waals surface area contributed by atoms with Gasteiger partial charge in [-0.25, -0.2) is 4.98 Å². The zero-order valence-electron chi connectivity index (χ0n) is 25.4. The first kappa shape index (κ1) is 30.7. The van der Waals surface area contributed by atoms with Gasteiger partial charge in [0.15, 0.2) is 5.82 Å². The molecule has 5 rings (SSSR count). The van der Waals surface area contributed by atoms with E-state index in [-0.39, 0.29) is 23.9 Å². The molecular formula is C31H44N8O4. The van der Waals surface area contributed by atoms with Crippen LogP contribution in [0.15, 0.2) is 24.4 Å². The fraction of sp³-hybridized carbons (Fsp3) is 0.581. The molecule has 1 saturated heterocycles. The largest absolute Gasteiger partial charge is 0.480 e. The summed E-state index contributed by atoms with van der Waals surface area (Å²) in [4.78, 5) is 52.7. The van der Waals surface area contributed by atoms with Crippen molar-refractivity contribution in [1.29, 1.82) is 0 Å². The number of nitrogens with one attached hydrogen (secondary N) is 2. The number of hydrogen-bond donors (Lipinski definition) is 4. The number of nitrogens with zero attached hydrogens (tertiary/aromatic N) is 5. The molecule has 12 heteroatoms. The Morgan fingerprint density at radius 2 is 1.88 bits per heavy atom. The number of likely N-dealkylation sites (N-methyl/N-ethyl adjacent to an activating group) is 1. The molecule has 1 aromatic carbocycles. The lowest BCUT2D eigenvalue weighted by molar-refractivity contribution is -0.138. The normalized spacial score (nSPS) is 20.7. The number of benzene rings is 1. The minimum Gasteiger partial charge on any atom is -0.480 e. The van der Waals surface area contributed by atoms with Gasteiger partial charge in [0.05, 0.1) is 6.20 Å². The third-order valence-electron chi connectivity index (χ3n) is 9.14. The van der Waals surface area contributed by atoms with Gasteiger partial charge >= 0.3 is 5.97 Å². The maximum atomic E-state index is 13.2. The summed E-state index contributed by atoms with van der Waals surface area (Å²) in [7, 11) is 1.79. The van der Waals surface area contributed by atoms with Crippen LogP contribution in [0.1, 0.15) is 74.2 Å². The third kappa shape index (κ3) is 6.75. The molecule has 2 fully saturated rings. The molecule has 1 saturated carbocycles. The molecule has 3 aliphatic rings. The van der Waals surface area contributed by atoms with Crippen LogP contribution < -0.4 is 26.2 Å². The van der Waals surface area contributed by atoms with Crippen LogP contribution in [0.2, 0.25) is 0 Å². The summed E-state index contributed by atoms with van der Waals surface area (Å²) in [5, 5.41) is 15.5. The summed E-state index contributed by atoms with van der Waals surface area (Å²) in [5.74, 6) is 0.243. The van der Waals surface area contributed by atoms with Gasteiger partial charge in [-0.15, -0.1) is 0 Å². The van der Waals surface area contributed by atoms with Gasteiger partial charge in [0, 0.05) is 50.0 Å². The lowest BCUT2D eigenvalue weighted by Gasteiger charge is -2.43. The Morgan fingerprint density at radius 1 is 1.16 bits per heavy atom. The quantitative estimate of drug-likeness (QED) is 0.323. The summed E-state index contributed by atoms with van der Waals surface area (Å²) in [5.41, 5.74) is 8.64. The maximum Gasteiger partial charge on any atom is 0.320 e. The minimum atomic E-state index is -0.976. The zero-order valence-corrected chi connectivity index (χ0v) is 25.4. The van der Waals surface area contributed by atoms with Gasteiger partial charge in [0.1, 0.15) is 17.8 Å². The van der Waals surface area contributed by atoms with E-state index in [2.05, 4.69) is 32.3 Å². The van der Waals surface area contributed by atoms with Crippen LogP contribution in [0.4, 0.5) is 23.1 Å². The molecule has 0 radical (unpaired) electrons. The second-order valence-corrected chi connectivity index (χ2v) is 12.0. The highest BCUT2D eigenvalue weighted by atomic mass is 16.4. The number of carbonyl (C=O) groups is 3. The van der Waals surface area contributed by atoms with E-state index in [0.29, 0.717) is 30.5 Å². The highest BCUT2D eigenvalue weighted by Gasteiger charge is 2.41. The Kier molecular flexibility index (Phi) is 9.46. The average Bonchev–Trinajstić information content (AvgIpc) is 3.53. The topological polar surface area (TPSA) is 157 Å². The molecule has 12 nitrogen and oxygen atoms in total. The lowest BCUT2D eigenvalue weighted by Crippen LogP contribution is -2.55. The van der Waals surface area contributed by atoms with Gasteiger partial charge in [-0.1, -0.05) is 19.8 Å². The van der Waals surface area contributed by atoms with Gasteiger partial charge in [-0.05, 0) is 69.2 Å². The molecule has 43 heavy (non-hydrogen) atoms. The number of rotatable bonds is 10. The molecule has 5 N–H and O–H groups in total. The van der Waals surface area contributed by atoms with E-state index in [1.54, 1.807) is 24.2 Å². The first-order chi connectivity index (χ1) is 20.7. The van der Waals surface area contributed by atoms with E-state index < -0.39 is 12.0 Å². The Labute approximate surface area is 253 Å². The van der Waals surface area contributed by atoms with Crippen molar-refractivity contribution in [2.24, 2.45) is 5.73 Å². The van der Waals surface area contributed by atoms with Crippen molar-refractivity contribution in [3.63, 3.8) is 0 Å². The summed E-state index contributed by atoms with van der Waals surface area (Å²) in [6, 6.07) is 4.83. The Morgan fingerprint density at radius 3 is 2.53 bits per heavy atom. The van der Waals surface area contributed by atoms with E-state index in [9.17, 15) is 14.4 Å². The van der Waals surface area contributed by atoms with Crippen molar-refractivity contribution in [1.82, 2.24) is 20.2 Å². The molecule has 2 amide bonds. The molecule has 2 atom stereocenters. The van der Waals surface area contributed by atoms with Crippen LogP contribution in [0, 0.1) is 6.92 Å². The standard InChI is InChI=1S/C31H44N8O4/c1-4-25-29(41)37(3)26-18-33-31(36-27(26)39(25)22-7-5-6-8-22)35-24-10-9-20(17-19(24)2)28(40)34-21-11-14-38(15-12-21)16-13-23(32)30(42)43/h9-10,17-18,21-23,25H,4-8,11-16,32H2,1-3H3,(H,34,40)(H,42,43)(H,33,35,36)/t23-,25+/m0/s1. The monoisotopic (exact) mass is 592 g/mol. The summed E-state index contributed by atoms with van der Waals surface area (Å²) in [6.45, 7) is 6.22. The SMILES string of the molecule is CC[C@@H]1C(=O)N(C)c2cnc(Nc3ccc(C(=O)NC4CCN(CC[C@H](N)C(=O)O)CC4)cc3C)nc2N1C1CCCC1. The number of amides is 2. The van der Waals surface area contributed by atoms with Crippen LogP contribution in [0.5, 0.6) is 0 Å². The number of aromatic nitrogens is 2. The zero-order chi connectivity index (χ0) is 30.7. The van der Waals surface area contributed by atoms with Crippen molar-refractivity contribution >= 4 is 40.9 Å². The highest BCUT2D eigenvalue weighted by Crippen LogP contribution is 2.40. The van der Waals surface area contributed by atoms with Gasteiger partial charge in [0.2, 0.25) is 11.9 Å². The van der Waals surface area contributed by atoms with Crippen LogP contribution in [0.3, 0.4) is 0 Å². The lowest BCUT2D eigenvalue weighted by atomic mass is 10.0. The molecule has 2 aromatic rings. The van der Waals surface area contributed by atoms with E-state index in [4.69, 9.17) is 15.8 Å². The number of aliphatic carboxylic acids is 1. The number of carboxylic acid groups (broad SMARTS) is 1. The van der Waals surface area contributed by atoms with Crippen molar-refractivity contribution in [3.05, 3.63) is 35.5 Å². The minimum absolute atomic E-state index is 0.0682. The molecule has 232 valence electrons. The number of hydrogen-bond acceptors (Lipinski definition) is 9. The Bertz CT molecular complexity index is 1340. The second-order valence-electron chi connectivity index (χ2n) is 12.0. The fourth-order valence-corrected chi connectivity index (χ4v) is 6.52. The first-order valence-corrected chi connectivity index (χ1v) is 15.5. The van der Waals surface area contributed by atoms with E-state index in [0.717, 1.165) is 80.8 Å². The van der Waals surface area contributed by atoms with Gasteiger partial charge < -0.3 is 36.2 Å². The smallest absolute Gasteiger partial charge is 0.320 e. The number of nitrogens with two attached hydrogens (primary N) is 1. The molecule has 0 spiro atoms. The van der Waals surface area contributed by atoms with Gasteiger partial charge in [0.25, 0.3) is 5.91 Å². The number of likely N-dealkylation sites (tertiary alicyclic amines) is 1. The van der Waals surface area contributed by atoms with Crippen LogP contribution in [0.25, 0.3) is 0 Å². The van der Waals surface area contributed by atoms with Crippen molar-refractivity contribution < 1.29 is 19.5 Å². The van der Waals surface area contributed by atoms with Crippen LogP contribution in [-0.2, 0) is 9.59 Å². The van der Waals surface area contributed by atoms with E-state index >= 15 is 0 Å². The molecule has 2 aliphatic heterocycles. The predicted octanol–water partition coefficient (Wildman–Crippen LogP) is 3.03. The van der Waals surface area contributed by atoms with E-state index in [1.807, 2.05) is 19.1 Å². The number of aryl methyl sites for hydroxylation is 1. The number of anilines is 4. The average molecular weight is 593 g/mol. The summed E-state index contributed by atoms with van der Waals surface area (Å²) < 4.78 is 0. The number of carbonyl (C=O) groups excluding carboxylic acids is 2. The molecule has 0 bridgehead atoms. The van der Waals surface area contributed by atoms with Gasteiger partial charge in [-0.3, -0.25) is 14.4 Å².